The molecule has 170 valence electrons. The van der Waals surface area contributed by atoms with Crippen molar-refractivity contribution in [2.24, 2.45) is 0 Å². The Morgan fingerprint density at radius 1 is 0.432 bits per heavy atom. The number of fused-ring (bicyclic) bond motifs is 7. The Morgan fingerprint density at radius 3 is 2.03 bits per heavy atom. The summed E-state index contributed by atoms with van der Waals surface area (Å²) in [5, 5.41) is 9.01. The van der Waals surface area contributed by atoms with Crippen molar-refractivity contribution in [3.05, 3.63) is 121 Å². The third-order valence-corrected chi connectivity index (χ3v) is 8.14. The molecule has 0 spiro atoms. The van der Waals surface area contributed by atoms with E-state index in [1.165, 1.54) is 76.5 Å². The summed E-state index contributed by atoms with van der Waals surface area (Å²) >= 11 is 0. The van der Waals surface area contributed by atoms with Crippen LogP contribution in [0.4, 0.5) is 0 Å². The Labute approximate surface area is 212 Å². The Kier molecular flexibility index (Phi) is 3.56. The van der Waals surface area contributed by atoms with Gasteiger partial charge in [0.05, 0.1) is 22.1 Å². The molecule has 6 aromatic carbocycles. The molecule has 0 atom stereocenters. The second kappa shape index (κ2) is 6.83. The Bertz CT molecular complexity index is 2270. The molecule has 3 aromatic heterocycles. The van der Waals surface area contributed by atoms with Gasteiger partial charge in [-0.15, -0.1) is 0 Å². The van der Waals surface area contributed by atoms with E-state index in [1.807, 2.05) is 12.3 Å². The summed E-state index contributed by atoms with van der Waals surface area (Å²) in [4.78, 5) is 4.83. The van der Waals surface area contributed by atoms with E-state index in [0.717, 1.165) is 5.52 Å². The summed E-state index contributed by atoms with van der Waals surface area (Å²) in [6, 6.07) is 41.9. The fourth-order valence-corrected chi connectivity index (χ4v) is 6.60. The first-order chi connectivity index (χ1) is 18.4. The van der Waals surface area contributed by atoms with E-state index in [0.29, 0.717) is 0 Å². The lowest BCUT2D eigenvalue weighted by Crippen LogP contribution is -1.87. The van der Waals surface area contributed by atoms with Crippen LogP contribution in [-0.4, -0.2) is 9.38 Å². The van der Waals surface area contributed by atoms with Crippen molar-refractivity contribution >= 4 is 59.8 Å². The molecular weight excluding hydrogens is 448 g/mol. The van der Waals surface area contributed by atoms with Gasteiger partial charge in [-0.05, 0) is 34.2 Å². The van der Waals surface area contributed by atoms with Crippen LogP contribution in [0.2, 0.25) is 0 Å². The molecule has 0 unspecified atom stereocenters. The Morgan fingerprint density at radius 2 is 1.14 bits per heavy atom. The van der Waals surface area contributed by atoms with E-state index in [1.54, 1.807) is 0 Å². The van der Waals surface area contributed by atoms with E-state index in [2.05, 4.69) is 114 Å². The molecule has 0 saturated heterocycles. The summed E-state index contributed by atoms with van der Waals surface area (Å²) in [5.74, 6) is 0. The van der Waals surface area contributed by atoms with Gasteiger partial charge in [-0.2, -0.15) is 0 Å². The first-order valence-corrected chi connectivity index (χ1v) is 12.7. The third kappa shape index (κ3) is 2.37. The zero-order chi connectivity index (χ0) is 24.1. The highest BCUT2D eigenvalue weighted by Crippen LogP contribution is 2.47. The van der Waals surface area contributed by atoms with Gasteiger partial charge < -0.3 is 4.40 Å². The van der Waals surface area contributed by atoms with Crippen LogP contribution in [-0.2, 0) is 0 Å². The number of benzene rings is 6. The first-order valence-electron chi connectivity index (χ1n) is 12.7. The molecule has 9 aromatic rings. The van der Waals surface area contributed by atoms with Crippen molar-refractivity contribution in [2.45, 2.75) is 0 Å². The molecule has 0 radical (unpaired) electrons. The quantitative estimate of drug-likeness (QED) is 0.231. The maximum absolute atomic E-state index is 4.83. The van der Waals surface area contributed by atoms with Crippen LogP contribution in [0.15, 0.2) is 121 Å². The van der Waals surface area contributed by atoms with Crippen LogP contribution in [0.25, 0.3) is 82.0 Å². The highest BCUT2D eigenvalue weighted by Gasteiger charge is 2.24. The minimum Gasteiger partial charge on any atom is -0.307 e. The lowest BCUT2D eigenvalue weighted by atomic mass is 9.95. The van der Waals surface area contributed by atoms with Crippen LogP contribution in [0.5, 0.6) is 0 Å². The minimum atomic E-state index is 1.08. The number of nitrogens with zero attached hydrogens (tertiary/aromatic N) is 2. The SMILES string of the molecule is c1ccc(-c2ccc(-c3cccc4c5ccc6c7ncccc7c7cccc8c7c6c5n8c34)cc2)cc1. The van der Waals surface area contributed by atoms with Crippen molar-refractivity contribution < 1.29 is 0 Å². The lowest BCUT2D eigenvalue weighted by molar-refractivity contribution is 1.37. The zero-order valence-electron chi connectivity index (χ0n) is 19.9. The average molecular weight is 469 g/mol. The largest absolute Gasteiger partial charge is 0.307 e. The van der Waals surface area contributed by atoms with Crippen LogP contribution in [0.3, 0.4) is 0 Å². The van der Waals surface area contributed by atoms with E-state index in [-0.39, 0.29) is 0 Å². The predicted octanol–water partition coefficient (Wildman–Crippen LogP) is 9.31. The highest BCUT2D eigenvalue weighted by atomic mass is 14.9. The molecule has 2 heteroatoms. The fourth-order valence-electron chi connectivity index (χ4n) is 6.60. The minimum absolute atomic E-state index is 1.08. The summed E-state index contributed by atoms with van der Waals surface area (Å²) in [6.07, 6.45) is 1.91. The number of rotatable bonds is 2. The average Bonchev–Trinajstić information content (AvgIpc) is 3.50. The number of aromatic nitrogens is 2. The molecule has 0 aliphatic heterocycles. The Hall–Kier alpha value is -4.95. The van der Waals surface area contributed by atoms with Gasteiger partial charge in [0, 0.05) is 44.1 Å². The molecule has 3 heterocycles. The number of hydrogen-bond acceptors (Lipinski definition) is 1. The van der Waals surface area contributed by atoms with Gasteiger partial charge in [-0.3, -0.25) is 4.98 Å². The molecule has 0 aliphatic carbocycles. The van der Waals surface area contributed by atoms with Gasteiger partial charge in [0.25, 0.3) is 0 Å². The second-order valence-corrected chi connectivity index (χ2v) is 9.96. The summed E-state index contributed by atoms with van der Waals surface area (Å²) in [6.45, 7) is 0. The smallest absolute Gasteiger partial charge is 0.0787 e. The molecule has 0 fully saturated rings. The molecule has 9 rings (SSSR count). The van der Waals surface area contributed by atoms with Gasteiger partial charge in [0.1, 0.15) is 0 Å². The third-order valence-electron chi connectivity index (χ3n) is 8.14. The maximum Gasteiger partial charge on any atom is 0.0787 e. The summed E-state index contributed by atoms with van der Waals surface area (Å²) in [7, 11) is 0. The second-order valence-electron chi connectivity index (χ2n) is 9.96. The van der Waals surface area contributed by atoms with Crippen molar-refractivity contribution in [3.8, 4) is 22.3 Å². The van der Waals surface area contributed by atoms with Gasteiger partial charge >= 0.3 is 0 Å². The first kappa shape index (κ1) is 19.3. The van der Waals surface area contributed by atoms with Gasteiger partial charge in [-0.1, -0.05) is 103 Å². The van der Waals surface area contributed by atoms with Crippen LogP contribution in [0.1, 0.15) is 0 Å². The predicted molar refractivity (Wildman–Crippen MR) is 156 cm³/mol. The van der Waals surface area contributed by atoms with Crippen LogP contribution >= 0.6 is 0 Å². The van der Waals surface area contributed by atoms with E-state index < -0.39 is 0 Å². The van der Waals surface area contributed by atoms with Crippen molar-refractivity contribution in [1.82, 2.24) is 9.38 Å². The normalized spacial score (nSPS) is 12.3. The molecule has 0 N–H and O–H groups in total. The Balaban J connectivity index is 1.43. The molecule has 0 aliphatic rings. The molecule has 0 bridgehead atoms. The summed E-state index contributed by atoms with van der Waals surface area (Å²) in [5.41, 5.74) is 9.90. The number of para-hydroxylation sites is 1. The molecule has 37 heavy (non-hydrogen) atoms. The highest BCUT2D eigenvalue weighted by molar-refractivity contribution is 6.38. The topological polar surface area (TPSA) is 17.3 Å². The monoisotopic (exact) mass is 468 g/mol. The van der Waals surface area contributed by atoms with Gasteiger partial charge in [-0.25, -0.2) is 0 Å². The van der Waals surface area contributed by atoms with Gasteiger partial charge in [0.2, 0.25) is 0 Å². The number of hydrogen-bond donors (Lipinski definition) is 0. The fraction of sp³-hybridized carbons (Fsp3) is 0. The molecule has 0 saturated carbocycles. The van der Waals surface area contributed by atoms with E-state index >= 15 is 0 Å². The summed E-state index contributed by atoms with van der Waals surface area (Å²) < 4.78 is 2.51. The number of pyridine rings is 1. The molecule has 0 amide bonds. The van der Waals surface area contributed by atoms with Crippen molar-refractivity contribution in [3.63, 3.8) is 0 Å². The van der Waals surface area contributed by atoms with Crippen molar-refractivity contribution in [1.29, 1.82) is 0 Å². The molecular formula is C35H20N2. The zero-order valence-corrected chi connectivity index (χ0v) is 19.9. The van der Waals surface area contributed by atoms with E-state index in [4.69, 9.17) is 4.98 Å². The van der Waals surface area contributed by atoms with Crippen molar-refractivity contribution in [2.75, 3.05) is 0 Å². The van der Waals surface area contributed by atoms with Crippen LogP contribution in [0, 0.1) is 0 Å². The van der Waals surface area contributed by atoms with E-state index in [9.17, 15) is 0 Å². The standard InChI is InChI=1S/C35H20N2/c1-2-7-21(8-3-1)22-14-16-23(17-15-22)24-9-4-11-27-28-18-19-29-32-31-25(26-12-6-20-36-33(26)29)10-5-13-30(31)37(34(24)27)35(28)32/h1-20H. The molecule has 2 nitrogen and oxygen atoms in total. The van der Waals surface area contributed by atoms with Gasteiger partial charge in [0.15, 0.2) is 0 Å². The van der Waals surface area contributed by atoms with Crippen LogP contribution < -0.4 is 0 Å². The lowest BCUT2D eigenvalue weighted by Gasteiger charge is -2.09. The maximum atomic E-state index is 4.83.